The van der Waals surface area contributed by atoms with E-state index in [0.29, 0.717) is 13.1 Å². The molecule has 0 atom stereocenters. The maximum atomic E-state index is 12.1. The number of likely N-dealkylation sites (tertiary alicyclic amines) is 1. The van der Waals surface area contributed by atoms with Gasteiger partial charge >= 0.3 is 6.09 Å². The van der Waals surface area contributed by atoms with Gasteiger partial charge < -0.3 is 18.9 Å². The maximum absolute atomic E-state index is 12.1. The predicted octanol–water partition coefficient (Wildman–Crippen LogP) is 2.90. The Bertz CT molecular complexity index is 494. The summed E-state index contributed by atoms with van der Waals surface area (Å²) in [5.41, 5.74) is 0.399. The number of hydrogen-bond acceptors (Lipinski definition) is 3. The van der Waals surface area contributed by atoms with Crippen molar-refractivity contribution in [1.29, 1.82) is 0 Å². The Morgan fingerprint density at radius 1 is 1.29 bits per heavy atom. The van der Waals surface area contributed by atoms with Crippen LogP contribution in [0.1, 0.15) is 39.3 Å². The molecule has 0 bridgehead atoms. The van der Waals surface area contributed by atoms with Crippen LogP contribution >= 0.6 is 0 Å². The molecule has 1 aromatic heterocycles. The van der Waals surface area contributed by atoms with Crippen molar-refractivity contribution in [3.63, 3.8) is 0 Å². The highest BCUT2D eigenvalue weighted by molar-refractivity contribution is 5.68. The Morgan fingerprint density at radius 2 is 1.90 bits per heavy atom. The van der Waals surface area contributed by atoms with Crippen molar-refractivity contribution in [2.24, 2.45) is 7.05 Å². The van der Waals surface area contributed by atoms with E-state index in [1.807, 2.05) is 40.1 Å². The monoisotopic (exact) mass is 294 g/mol. The Hall–Kier alpha value is -1.49. The minimum absolute atomic E-state index is 0.237. The summed E-state index contributed by atoms with van der Waals surface area (Å²) in [6.45, 7) is 6.96. The minimum Gasteiger partial charge on any atom is -0.444 e. The molecule has 1 aliphatic rings. The normalized spacial score (nSPS) is 18.6. The molecule has 0 N–H and O–H groups in total. The number of carbonyl (C=O) groups excluding carboxylic acids is 1. The second-order valence-corrected chi connectivity index (χ2v) is 6.67. The summed E-state index contributed by atoms with van der Waals surface area (Å²) in [5.74, 6) is 0. The van der Waals surface area contributed by atoms with Gasteiger partial charge in [0.05, 0.1) is 0 Å². The molecule has 21 heavy (non-hydrogen) atoms. The maximum Gasteiger partial charge on any atom is 0.410 e. The van der Waals surface area contributed by atoms with Gasteiger partial charge in [-0.3, -0.25) is 0 Å². The lowest BCUT2D eigenvalue weighted by molar-refractivity contribution is -0.0693. The number of carbonyl (C=O) groups is 1. The number of hydrogen-bond donors (Lipinski definition) is 0. The van der Waals surface area contributed by atoms with Gasteiger partial charge in [0.2, 0.25) is 0 Å². The van der Waals surface area contributed by atoms with E-state index in [9.17, 15) is 4.79 Å². The summed E-state index contributed by atoms with van der Waals surface area (Å²) in [4.78, 5) is 13.9. The highest BCUT2D eigenvalue weighted by Gasteiger charge is 2.40. The molecule has 1 amide bonds. The van der Waals surface area contributed by atoms with Crippen LogP contribution in [-0.2, 0) is 22.1 Å². The van der Waals surface area contributed by atoms with Crippen LogP contribution in [0.15, 0.2) is 18.3 Å². The van der Waals surface area contributed by atoms with Crippen molar-refractivity contribution in [2.75, 3.05) is 20.2 Å². The average Bonchev–Trinajstić information content (AvgIpc) is 2.84. The van der Waals surface area contributed by atoms with Crippen molar-refractivity contribution in [3.05, 3.63) is 24.0 Å². The number of methoxy groups -OCH3 is 1. The van der Waals surface area contributed by atoms with E-state index in [1.165, 1.54) is 0 Å². The summed E-state index contributed by atoms with van der Waals surface area (Å²) in [7, 11) is 3.77. The summed E-state index contributed by atoms with van der Waals surface area (Å²) in [5, 5.41) is 0. The van der Waals surface area contributed by atoms with Gasteiger partial charge in [0, 0.05) is 39.1 Å². The highest BCUT2D eigenvalue weighted by atomic mass is 16.6. The van der Waals surface area contributed by atoms with Gasteiger partial charge in [-0.2, -0.15) is 0 Å². The van der Waals surface area contributed by atoms with E-state index in [-0.39, 0.29) is 11.7 Å². The SMILES string of the molecule is COC1(c2cccn2C)CCN(C(=O)OC(C)(C)C)CC1. The number of nitrogens with zero attached hydrogens (tertiary/aromatic N) is 2. The van der Waals surface area contributed by atoms with E-state index in [0.717, 1.165) is 18.5 Å². The van der Waals surface area contributed by atoms with Crippen molar-refractivity contribution in [3.8, 4) is 0 Å². The molecule has 0 saturated carbocycles. The van der Waals surface area contributed by atoms with Crippen molar-refractivity contribution in [2.45, 2.75) is 44.8 Å². The van der Waals surface area contributed by atoms with Crippen LogP contribution in [0.4, 0.5) is 4.79 Å². The first-order chi connectivity index (χ1) is 9.77. The van der Waals surface area contributed by atoms with Crippen LogP contribution in [0, 0.1) is 0 Å². The number of piperidine rings is 1. The Labute approximate surface area is 126 Å². The Kier molecular flexibility index (Phi) is 4.33. The van der Waals surface area contributed by atoms with Crippen molar-refractivity contribution >= 4 is 6.09 Å². The standard InChI is InChI=1S/C16H26N2O3/c1-15(2,3)21-14(19)18-11-8-16(20-5,9-12-18)13-7-6-10-17(13)4/h6-7,10H,8-9,11-12H2,1-5H3. The molecule has 2 heterocycles. The van der Waals surface area contributed by atoms with E-state index >= 15 is 0 Å². The van der Waals surface area contributed by atoms with Crippen molar-refractivity contribution < 1.29 is 14.3 Å². The fraction of sp³-hybridized carbons (Fsp3) is 0.688. The van der Waals surface area contributed by atoms with Gasteiger partial charge in [-0.1, -0.05) is 0 Å². The number of amides is 1. The first kappa shape index (κ1) is 15.9. The zero-order chi connectivity index (χ0) is 15.7. The van der Waals surface area contributed by atoms with Crippen LogP contribution in [0.25, 0.3) is 0 Å². The molecule has 0 spiro atoms. The summed E-state index contributed by atoms with van der Waals surface area (Å²) in [6, 6.07) is 4.11. The smallest absolute Gasteiger partial charge is 0.410 e. The fourth-order valence-corrected chi connectivity index (χ4v) is 2.88. The Balaban J connectivity index is 2.05. The first-order valence-corrected chi connectivity index (χ1v) is 7.42. The largest absolute Gasteiger partial charge is 0.444 e. The molecule has 5 heteroatoms. The molecule has 1 fully saturated rings. The lowest BCUT2D eigenvalue weighted by Crippen LogP contribution is -2.48. The Morgan fingerprint density at radius 3 is 2.33 bits per heavy atom. The van der Waals surface area contributed by atoms with Crippen LogP contribution in [0.2, 0.25) is 0 Å². The predicted molar refractivity (Wildman–Crippen MR) is 81.1 cm³/mol. The molecule has 1 aliphatic heterocycles. The molecular weight excluding hydrogens is 268 g/mol. The van der Waals surface area contributed by atoms with Gasteiger partial charge in [-0.25, -0.2) is 4.79 Å². The zero-order valence-electron chi connectivity index (χ0n) is 13.7. The molecule has 1 saturated heterocycles. The van der Waals surface area contributed by atoms with Crippen LogP contribution < -0.4 is 0 Å². The first-order valence-electron chi connectivity index (χ1n) is 7.42. The lowest BCUT2D eigenvalue weighted by atomic mass is 9.88. The molecule has 118 valence electrons. The molecule has 1 aromatic rings. The quantitative estimate of drug-likeness (QED) is 0.842. The van der Waals surface area contributed by atoms with Gasteiger partial charge in [0.25, 0.3) is 0 Å². The number of ether oxygens (including phenoxy) is 2. The van der Waals surface area contributed by atoms with E-state index in [2.05, 4.69) is 10.6 Å². The van der Waals surface area contributed by atoms with Crippen LogP contribution in [0.3, 0.4) is 0 Å². The molecule has 2 rings (SSSR count). The number of aryl methyl sites for hydroxylation is 1. The molecule has 0 aromatic carbocycles. The zero-order valence-corrected chi connectivity index (χ0v) is 13.7. The molecule has 5 nitrogen and oxygen atoms in total. The third-order valence-electron chi connectivity index (χ3n) is 4.02. The van der Waals surface area contributed by atoms with Crippen molar-refractivity contribution in [1.82, 2.24) is 9.47 Å². The summed E-state index contributed by atoms with van der Waals surface area (Å²) in [6.07, 6.45) is 3.34. The average molecular weight is 294 g/mol. The molecule has 0 radical (unpaired) electrons. The molecule has 0 aliphatic carbocycles. The summed E-state index contributed by atoms with van der Waals surface area (Å²) >= 11 is 0. The fourth-order valence-electron chi connectivity index (χ4n) is 2.88. The topological polar surface area (TPSA) is 43.7 Å². The summed E-state index contributed by atoms with van der Waals surface area (Å²) < 4.78 is 13.4. The minimum atomic E-state index is -0.453. The molecular formula is C16H26N2O3. The van der Waals surface area contributed by atoms with E-state index in [4.69, 9.17) is 9.47 Å². The highest BCUT2D eigenvalue weighted by Crippen LogP contribution is 2.36. The van der Waals surface area contributed by atoms with E-state index in [1.54, 1.807) is 12.0 Å². The van der Waals surface area contributed by atoms with Gasteiger partial charge in [-0.05, 0) is 45.7 Å². The third kappa shape index (κ3) is 3.40. The number of aromatic nitrogens is 1. The molecule has 0 unspecified atom stereocenters. The van der Waals surface area contributed by atoms with Gasteiger partial charge in [0.1, 0.15) is 11.2 Å². The third-order valence-corrected chi connectivity index (χ3v) is 4.02. The van der Waals surface area contributed by atoms with Gasteiger partial charge in [0.15, 0.2) is 0 Å². The van der Waals surface area contributed by atoms with Crippen LogP contribution in [0.5, 0.6) is 0 Å². The number of rotatable bonds is 2. The van der Waals surface area contributed by atoms with E-state index < -0.39 is 5.60 Å². The second-order valence-electron chi connectivity index (χ2n) is 6.67. The second kappa shape index (κ2) is 5.72. The van der Waals surface area contributed by atoms with Crippen LogP contribution in [-0.4, -0.2) is 41.4 Å². The lowest BCUT2D eigenvalue weighted by Gasteiger charge is -2.41. The van der Waals surface area contributed by atoms with Gasteiger partial charge in [-0.15, -0.1) is 0 Å².